The highest BCUT2D eigenvalue weighted by Crippen LogP contribution is 2.09. The fourth-order valence-electron chi connectivity index (χ4n) is 1.82. The van der Waals surface area contributed by atoms with Gasteiger partial charge in [-0.15, -0.1) is 0 Å². The minimum absolute atomic E-state index is 0.589. The molecular weight excluding hydrogens is 214 g/mol. The van der Waals surface area contributed by atoms with Gasteiger partial charge in [-0.05, 0) is 32.1 Å². The van der Waals surface area contributed by atoms with Crippen LogP contribution in [0.3, 0.4) is 0 Å². The van der Waals surface area contributed by atoms with Gasteiger partial charge in [0.2, 0.25) is 0 Å². The summed E-state index contributed by atoms with van der Waals surface area (Å²) in [5, 5.41) is 3.57. The van der Waals surface area contributed by atoms with E-state index >= 15 is 0 Å². The molecule has 0 bridgehead atoms. The summed E-state index contributed by atoms with van der Waals surface area (Å²) in [6.07, 6.45) is 0. The fraction of sp³-hybridized carbons (Fsp3) is 0.571. The molecule has 2 heteroatoms. The molecule has 0 fully saturated rings. The summed E-state index contributed by atoms with van der Waals surface area (Å²) < 4.78 is 0. The third-order valence-corrected chi connectivity index (χ3v) is 3.65. The van der Waals surface area contributed by atoms with Crippen LogP contribution in [0, 0.1) is 13.8 Å². The first-order chi connectivity index (χ1) is 7.61. The minimum Gasteiger partial charge on any atom is -0.309 e. The lowest BCUT2D eigenvalue weighted by molar-refractivity contribution is 0.595. The van der Waals surface area contributed by atoms with Crippen molar-refractivity contribution >= 4 is 11.8 Å². The van der Waals surface area contributed by atoms with Crippen molar-refractivity contribution < 1.29 is 0 Å². The van der Waals surface area contributed by atoms with Crippen molar-refractivity contribution in [3.63, 3.8) is 0 Å². The highest BCUT2D eigenvalue weighted by molar-refractivity contribution is 7.99. The molecule has 0 aliphatic heterocycles. The first-order valence-electron chi connectivity index (χ1n) is 6.00. The van der Waals surface area contributed by atoms with Gasteiger partial charge < -0.3 is 5.32 Å². The van der Waals surface area contributed by atoms with Crippen LogP contribution in [-0.4, -0.2) is 17.5 Å². The third kappa shape index (κ3) is 5.04. The van der Waals surface area contributed by atoms with Crippen LogP contribution in [0.4, 0.5) is 0 Å². The quantitative estimate of drug-likeness (QED) is 0.812. The molecule has 0 saturated heterocycles. The lowest BCUT2D eigenvalue weighted by Gasteiger charge is -2.13. The predicted octanol–water partition coefficient (Wildman–Crippen LogP) is 3.53. The predicted molar refractivity (Wildman–Crippen MR) is 75.2 cm³/mol. The Bertz CT molecular complexity index is 302. The minimum atomic E-state index is 0.589. The lowest BCUT2D eigenvalue weighted by Crippen LogP contribution is -2.27. The Hall–Kier alpha value is -0.470. The van der Waals surface area contributed by atoms with Gasteiger partial charge in [-0.3, -0.25) is 0 Å². The van der Waals surface area contributed by atoms with E-state index in [1.54, 1.807) is 0 Å². The Labute approximate surface area is 104 Å². The normalized spacial score (nSPS) is 12.8. The molecule has 0 heterocycles. The molecule has 0 aromatic heterocycles. The number of aryl methyl sites for hydroxylation is 2. The number of hydrogen-bond acceptors (Lipinski definition) is 2. The van der Waals surface area contributed by atoms with Crippen molar-refractivity contribution in [3.05, 3.63) is 34.9 Å². The van der Waals surface area contributed by atoms with Crippen LogP contribution in [0.2, 0.25) is 0 Å². The summed E-state index contributed by atoms with van der Waals surface area (Å²) in [5.41, 5.74) is 4.10. The summed E-state index contributed by atoms with van der Waals surface area (Å²) in [6.45, 7) is 9.76. The van der Waals surface area contributed by atoms with Gasteiger partial charge in [0, 0.05) is 18.3 Å². The summed E-state index contributed by atoms with van der Waals surface area (Å²) >= 11 is 2.00. The molecule has 0 radical (unpaired) electrons. The van der Waals surface area contributed by atoms with Gasteiger partial charge in [0.15, 0.2) is 0 Å². The van der Waals surface area contributed by atoms with Gasteiger partial charge in [-0.1, -0.05) is 36.2 Å². The summed E-state index contributed by atoms with van der Waals surface area (Å²) in [5.74, 6) is 2.40. The monoisotopic (exact) mass is 237 g/mol. The number of hydrogen-bond donors (Lipinski definition) is 1. The van der Waals surface area contributed by atoms with E-state index in [0.29, 0.717) is 6.04 Å². The van der Waals surface area contributed by atoms with Gasteiger partial charge >= 0.3 is 0 Å². The van der Waals surface area contributed by atoms with Crippen LogP contribution < -0.4 is 5.32 Å². The number of nitrogens with one attached hydrogen (secondary N) is 1. The first-order valence-corrected chi connectivity index (χ1v) is 7.15. The van der Waals surface area contributed by atoms with Crippen LogP contribution >= 0.6 is 11.8 Å². The second-order valence-electron chi connectivity index (χ2n) is 4.44. The van der Waals surface area contributed by atoms with E-state index in [1.165, 1.54) is 28.2 Å². The average Bonchev–Trinajstić information content (AvgIpc) is 2.22. The van der Waals surface area contributed by atoms with Gasteiger partial charge in [0.25, 0.3) is 0 Å². The largest absolute Gasteiger partial charge is 0.309 e. The Morgan fingerprint density at radius 2 is 1.81 bits per heavy atom. The maximum absolute atomic E-state index is 3.57. The van der Waals surface area contributed by atoms with Gasteiger partial charge in [-0.2, -0.15) is 11.8 Å². The van der Waals surface area contributed by atoms with E-state index in [2.05, 4.69) is 51.2 Å². The number of benzene rings is 1. The average molecular weight is 237 g/mol. The molecule has 1 aromatic rings. The van der Waals surface area contributed by atoms with Gasteiger partial charge in [0.1, 0.15) is 0 Å². The van der Waals surface area contributed by atoms with Gasteiger partial charge in [0.05, 0.1) is 0 Å². The van der Waals surface area contributed by atoms with E-state index in [0.717, 1.165) is 6.54 Å². The molecule has 1 atom stereocenters. The first kappa shape index (κ1) is 13.6. The maximum atomic E-state index is 3.57. The summed E-state index contributed by atoms with van der Waals surface area (Å²) in [6, 6.07) is 7.34. The van der Waals surface area contributed by atoms with E-state index in [4.69, 9.17) is 0 Å². The Balaban J connectivity index is 2.41. The molecule has 1 rings (SSSR count). The number of rotatable bonds is 6. The molecule has 0 aliphatic rings. The van der Waals surface area contributed by atoms with Crippen molar-refractivity contribution in [1.82, 2.24) is 5.32 Å². The van der Waals surface area contributed by atoms with Crippen LogP contribution in [-0.2, 0) is 6.54 Å². The topological polar surface area (TPSA) is 12.0 Å². The Morgan fingerprint density at radius 3 is 2.38 bits per heavy atom. The van der Waals surface area contributed by atoms with Crippen molar-refractivity contribution in [2.45, 2.75) is 40.3 Å². The van der Waals surface area contributed by atoms with Crippen molar-refractivity contribution in [2.75, 3.05) is 11.5 Å². The Morgan fingerprint density at radius 1 is 1.19 bits per heavy atom. The third-order valence-electron chi connectivity index (χ3n) is 2.51. The van der Waals surface area contributed by atoms with E-state index in [-0.39, 0.29) is 0 Å². The zero-order valence-corrected chi connectivity index (χ0v) is 11.7. The molecule has 0 amide bonds. The zero-order chi connectivity index (χ0) is 12.0. The van der Waals surface area contributed by atoms with E-state index < -0.39 is 0 Å². The second-order valence-corrected chi connectivity index (χ2v) is 5.76. The van der Waals surface area contributed by atoms with Crippen LogP contribution in [0.1, 0.15) is 30.5 Å². The summed E-state index contributed by atoms with van der Waals surface area (Å²) in [7, 11) is 0. The molecule has 90 valence electrons. The summed E-state index contributed by atoms with van der Waals surface area (Å²) in [4.78, 5) is 0. The molecule has 1 N–H and O–H groups in total. The van der Waals surface area contributed by atoms with Crippen molar-refractivity contribution in [1.29, 1.82) is 0 Å². The molecule has 1 aromatic carbocycles. The van der Waals surface area contributed by atoms with Crippen LogP contribution in [0.5, 0.6) is 0 Å². The highest BCUT2D eigenvalue weighted by atomic mass is 32.2. The Kier molecular flexibility index (Phi) is 5.93. The van der Waals surface area contributed by atoms with Crippen molar-refractivity contribution in [3.8, 4) is 0 Å². The molecule has 1 nitrogen and oxygen atoms in total. The lowest BCUT2D eigenvalue weighted by atomic mass is 10.1. The number of thioether (sulfide) groups is 1. The fourth-order valence-corrected chi connectivity index (χ4v) is 2.52. The maximum Gasteiger partial charge on any atom is 0.0208 e. The molecule has 0 spiro atoms. The smallest absolute Gasteiger partial charge is 0.0208 e. The van der Waals surface area contributed by atoms with Crippen LogP contribution in [0.25, 0.3) is 0 Å². The van der Waals surface area contributed by atoms with E-state index in [1.807, 2.05) is 11.8 Å². The molecular formula is C14H23NS. The molecule has 0 aliphatic carbocycles. The highest BCUT2D eigenvalue weighted by Gasteiger charge is 2.01. The molecule has 0 saturated carbocycles. The second kappa shape index (κ2) is 6.97. The molecule has 16 heavy (non-hydrogen) atoms. The zero-order valence-electron chi connectivity index (χ0n) is 10.8. The standard InChI is InChI=1S/C14H23NS/c1-5-16-10-13(4)15-9-14-7-11(2)6-12(3)8-14/h6-8,13,15H,5,9-10H2,1-4H3. The van der Waals surface area contributed by atoms with Crippen LogP contribution in [0.15, 0.2) is 18.2 Å². The van der Waals surface area contributed by atoms with E-state index in [9.17, 15) is 0 Å². The van der Waals surface area contributed by atoms with Crippen molar-refractivity contribution in [2.24, 2.45) is 0 Å². The van der Waals surface area contributed by atoms with Gasteiger partial charge in [-0.25, -0.2) is 0 Å². The molecule has 1 unspecified atom stereocenters. The SMILES string of the molecule is CCSCC(C)NCc1cc(C)cc(C)c1.